The molecule has 2 aromatic rings. The Bertz CT molecular complexity index is 606. The number of benzene rings is 2. The van der Waals surface area contributed by atoms with E-state index in [1.165, 1.54) is 0 Å². The van der Waals surface area contributed by atoms with Crippen LogP contribution < -0.4 is 5.73 Å². The van der Waals surface area contributed by atoms with E-state index >= 15 is 0 Å². The molecule has 1 aliphatic rings. The van der Waals surface area contributed by atoms with Crippen LogP contribution in [0.3, 0.4) is 0 Å². The number of allylic oxidation sites excluding steroid dienone is 1. The van der Waals surface area contributed by atoms with Gasteiger partial charge >= 0.3 is 0 Å². The molecule has 0 unspecified atom stereocenters. The molecule has 0 bridgehead atoms. The third-order valence-electron chi connectivity index (χ3n) is 2.75. The Kier molecular flexibility index (Phi) is 1.48. The van der Waals surface area contributed by atoms with Crippen molar-refractivity contribution >= 4 is 22.6 Å². The SMILES string of the molecule is NC1=Cc2cccc3cccc(c23)C1=O. The van der Waals surface area contributed by atoms with Gasteiger partial charge in [-0.05, 0) is 17.0 Å². The van der Waals surface area contributed by atoms with E-state index < -0.39 is 0 Å². The highest BCUT2D eigenvalue weighted by molar-refractivity contribution is 6.22. The summed E-state index contributed by atoms with van der Waals surface area (Å²) in [6, 6.07) is 11.7. The van der Waals surface area contributed by atoms with E-state index in [0.717, 1.165) is 16.3 Å². The maximum atomic E-state index is 11.8. The maximum absolute atomic E-state index is 11.8. The van der Waals surface area contributed by atoms with Gasteiger partial charge in [0.25, 0.3) is 0 Å². The van der Waals surface area contributed by atoms with Crippen LogP contribution in [0, 0.1) is 0 Å². The van der Waals surface area contributed by atoms with Crippen LogP contribution in [0.2, 0.25) is 0 Å². The second-order valence-corrected chi connectivity index (χ2v) is 3.68. The fourth-order valence-electron chi connectivity index (χ4n) is 2.07. The maximum Gasteiger partial charge on any atom is 0.209 e. The molecule has 2 nitrogen and oxygen atoms in total. The Morgan fingerprint density at radius 3 is 2.53 bits per heavy atom. The van der Waals surface area contributed by atoms with Gasteiger partial charge in [-0.25, -0.2) is 0 Å². The molecule has 15 heavy (non-hydrogen) atoms. The zero-order valence-corrected chi connectivity index (χ0v) is 8.03. The van der Waals surface area contributed by atoms with E-state index in [-0.39, 0.29) is 5.78 Å². The number of hydrogen-bond donors (Lipinski definition) is 1. The Balaban J connectivity index is 2.55. The van der Waals surface area contributed by atoms with Crippen LogP contribution in [0.5, 0.6) is 0 Å². The van der Waals surface area contributed by atoms with Gasteiger partial charge in [0, 0.05) is 10.9 Å². The fourth-order valence-corrected chi connectivity index (χ4v) is 2.07. The van der Waals surface area contributed by atoms with Crippen LogP contribution in [-0.2, 0) is 0 Å². The Labute approximate surface area is 87.0 Å². The number of hydrogen-bond acceptors (Lipinski definition) is 2. The summed E-state index contributed by atoms with van der Waals surface area (Å²) in [6.45, 7) is 0. The van der Waals surface area contributed by atoms with Crippen LogP contribution in [0.15, 0.2) is 42.1 Å². The summed E-state index contributed by atoms with van der Waals surface area (Å²) in [5.74, 6) is -0.0701. The van der Waals surface area contributed by atoms with E-state index in [0.29, 0.717) is 11.3 Å². The van der Waals surface area contributed by atoms with Crippen LogP contribution >= 0.6 is 0 Å². The topological polar surface area (TPSA) is 43.1 Å². The highest BCUT2D eigenvalue weighted by Gasteiger charge is 2.18. The first-order chi connectivity index (χ1) is 7.27. The fraction of sp³-hybridized carbons (Fsp3) is 0. The van der Waals surface area contributed by atoms with Crippen molar-refractivity contribution in [3.63, 3.8) is 0 Å². The molecule has 0 heterocycles. The largest absolute Gasteiger partial charge is 0.396 e. The summed E-state index contributed by atoms with van der Waals surface area (Å²) in [5, 5.41) is 2.10. The van der Waals surface area contributed by atoms with Crippen molar-refractivity contribution in [3.05, 3.63) is 53.2 Å². The quantitative estimate of drug-likeness (QED) is 0.701. The van der Waals surface area contributed by atoms with E-state index in [9.17, 15) is 4.79 Å². The first kappa shape index (κ1) is 8.24. The number of carbonyl (C=O) groups excluding carboxylic acids is 1. The monoisotopic (exact) mass is 195 g/mol. The zero-order chi connectivity index (χ0) is 10.4. The molecule has 3 rings (SSSR count). The first-order valence-electron chi connectivity index (χ1n) is 4.81. The van der Waals surface area contributed by atoms with Gasteiger partial charge in [0.05, 0.1) is 5.70 Å². The molecule has 0 aliphatic heterocycles. The van der Waals surface area contributed by atoms with Gasteiger partial charge in [0.15, 0.2) is 0 Å². The van der Waals surface area contributed by atoms with E-state index in [1.54, 1.807) is 6.08 Å². The van der Waals surface area contributed by atoms with Gasteiger partial charge in [-0.15, -0.1) is 0 Å². The number of rotatable bonds is 0. The molecule has 2 aromatic carbocycles. The Morgan fingerprint density at radius 2 is 1.73 bits per heavy atom. The van der Waals surface area contributed by atoms with Gasteiger partial charge < -0.3 is 5.73 Å². The summed E-state index contributed by atoms with van der Waals surface area (Å²) in [6.07, 6.45) is 1.75. The first-order valence-corrected chi connectivity index (χ1v) is 4.81. The van der Waals surface area contributed by atoms with Crippen molar-refractivity contribution in [2.75, 3.05) is 0 Å². The lowest BCUT2D eigenvalue weighted by Crippen LogP contribution is -2.15. The summed E-state index contributed by atoms with van der Waals surface area (Å²) in [7, 11) is 0. The third-order valence-corrected chi connectivity index (χ3v) is 2.75. The van der Waals surface area contributed by atoms with Gasteiger partial charge in [-0.3, -0.25) is 4.79 Å². The molecule has 1 aliphatic carbocycles. The van der Waals surface area contributed by atoms with Crippen molar-refractivity contribution < 1.29 is 4.79 Å². The van der Waals surface area contributed by atoms with Crippen molar-refractivity contribution in [3.8, 4) is 0 Å². The minimum absolute atomic E-state index is 0.0701. The standard InChI is InChI=1S/C13H9NO/c14-11-7-9-5-1-3-8-4-2-6-10(12(8)9)13(11)15/h1-7H,14H2. The van der Waals surface area contributed by atoms with E-state index in [1.807, 2.05) is 36.4 Å². The molecule has 0 saturated heterocycles. The third kappa shape index (κ3) is 1.02. The number of carbonyl (C=O) groups is 1. The number of Topliss-reactive ketones (excluding diaryl/α,β-unsaturated/α-hetero) is 1. The lowest BCUT2D eigenvalue weighted by molar-refractivity contribution is 0.103. The summed E-state index contributed by atoms with van der Waals surface area (Å²) >= 11 is 0. The molecule has 0 radical (unpaired) electrons. The Morgan fingerprint density at radius 1 is 1.00 bits per heavy atom. The Hall–Kier alpha value is -2.09. The molecule has 0 amide bonds. The predicted octanol–water partition coefficient (Wildman–Crippen LogP) is 2.34. The van der Waals surface area contributed by atoms with E-state index in [4.69, 9.17) is 5.73 Å². The lowest BCUT2D eigenvalue weighted by Gasteiger charge is -2.13. The summed E-state index contributed by atoms with van der Waals surface area (Å²) < 4.78 is 0. The molecule has 0 saturated carbocycles. The van der Waals surface area contributed by atoms with Gasteiger partial charge in [0.2, 0.25) is 5.78 Å². The van der Waals surface area contributed by atoms with Gasteiger partial charge in [-0.2, -0.15) is 0 Å². The lowest BCUT2D eigenvalue weighted by atomic mass is 9.91. The van der Waals surface area contributed by atoms with Gasteiger partial charge in [0.1, 0.15) is 0 Å². The van der Waals surface area contributed by atoms with Crippen LogP contribution in [0.4, 0.5) is 0 Å². The molecular weight excluding hydrogens is 186 g/mol. The highest BCUT2D eigenvalue weighted by Crippen LogP contribution is 2.29. The minimum Gasteiger partial charge on any atom is -0.396 e. The molecule has 0 fully saturated rings. The second-order valence-electron chi connectivity index (χ2n) is 3.68. The molecule has 2 N–H and O–H groups in total. The molecule has 2 heteroatoms. The van der Waals surface area contributed by atoms with Crippen molar-refractivity contribution in [2.45, 2.75) is 0 Å². The van der Waals surface area contributed by atoms with Crippen molar-refractivity contribution in [2.24, 2.45) is 5.73 Å². The summed E-state index contributed by atoms with van der Waals surface area (Å²) in [4.78, 5) is 11.8. The van der Waals surface area contributed by atoms with Gasteiger partial charge in [-0.1, -0.05) is 36.4 Å². The second kappa shape index (κ2) is 2.70. The molecule has 0 spiro atoms. The van der Waals surface area contributed by atoms with Crippen molar-refractivity contribution in [1.82, 2.24) is 0 Å². The highest BCUT2D eigenvalue weighted by atomic mass is 16.1. The number of ketones is 1. The predicted molar refractivity (Wildman–Crippen MR) is 60.4 cm³/mol. The average molecular weight is 195 g/mol. The summed E-state index contributed by atoms with van der Waals surface area (Å²) in [5.41, 5.74) is 7.74. The van der Waals surface area contributed by atoms with Crippen LogP contribution in [-0.4, -0.2) is 5.78 Å². The van der Waals surface area contributed by atoms with Crippen molar-refractivity contribution in [1.29, 1.82) is 0 Å². The molecule has 0 aromatic heterocycles. The molecular formula is C13H9NO. The normalized spacial score (nSPS) is 14.1. The van der Waals surface area contributed by atoms with Crippen LogP contribution in [0.1, 0.15) is 15.9 Å². The number of nitrogens with two attached hydrogens (primary N) is 1. The minimum atomic E-state index is -0.0701. The van der Waals surface area contributed by atoms with Crippen LogP contribution in [0.25, 0.3) is 16.8 Å². The average Bonchev–Trinajstić information content (AvgIpc) is 2.26. The molecule has 0 atom stereocenters. The zero-order valence-electron chi connectivity index (χ0n) is 8.03. The van der Waals surface area contributed by atoms with E-state index in [2.05, 4.69) is 0 Å². The smallest absolute Gasteiger partial charge is 0.209 e. The molecule has 72 valence electrons.